The number of carbonyl (C=O) groups excluding carboxylic acids is 1. The highest BCUT2D eigenvalue weighted by Gasteiger charge is 2.45. The molecule has 0 aliphatic carbocycles. The van der Waals surface area contributed by atoms with Gasteiger partial charge in [-0.05, 0) is 20.8 Å². The first-order valence-corrected chi connectivity index (χ1v) is 7.21. The first-order chi connectivity index (χ1) is 9.00. The molecule has 1 rings (SSSR count). The molecule has 2 N–H and O–H groups in total. The number of aromatic nitrogens is 3. The van der Waals surface area contributed by atoms with Gasteiger partial charge < -0.3 is 5.73 Å². The Morgan fingerprint density at radius 3 is 2.30 bits per heavy atom. The van der Waals surface area contributed by atoms with Crippen LogP contribution in [0.1, 0.15) is 54.2 Å². The molecule has 1 unspecified atom stereocenters. The summed E-state index contributed by atoms with van der Waals surface area (Å²) in [5, 5.41) is 8.37. The van der Waals surface area contributed by atoms with E-state index >= 15 is 0 Å². The van der Waals surface area contributed by atoms with Crippen LogP contribution in [-0.4, -0.2) is 26.8 Å². The molecule has 0 radical (unpaired) electrons. The Labute approximate surface area is 121 Å². The quantitative estimate of drug-likeness (QED) is 0.866. The molecule has 0 fully saturated rings. The molecule has 0 saturated carbocycles. The zero-order chi connectivity index (χ0) is 15.7. The van der Waals surface area contributed by atoms with E-state index in [1.807, 2.05) is 54.7 Å². The molecule has 1 aromatic heterocycles. The molecule has 5 nitrogen and oxygen atoms in total. The average molecular weight is 280 g/mol. The zero-order valence-corrected chi connectivity index (χ0v) is 13.8. The second-order valence-electron chi connectivity index (χ2n) is 7.04. The molecule has 1 heterocycles. The van der Waals surface area contributed by atoms with Gasteiger partial charge in [-0.1, -0.05) is 32.9 Å². The number of Topliss-reactive ketones (excluding diaryl/α,β-unsaturated/α-hetero) is 1. The second-order valence-corrected chi connectivity index (χ2v) is 7.04. The third kappa shape index (κ3) is 3.08. The zero-order valence-electron chi connectivity index (χ0n) is 13.8. The van der Waals surface area contributed by atoms with Crippen molar-refractivity contribution in [2.45, 2.75) is 66.5 Å². The molecular formula is C15H28N4O. The monoisotopic (exact) mass is 280 g/mol. The predicted molar refractivity (Wildman–Crippen MR) is 80.3 cm³/mol. The van der Waals surface area contributed by atoms with Crippen LogP contribution >= 0.6 is 0 Å². The Morgan fingerprint density at radius 2 is 1.85 bits per heavy atom. The minimum atomic E-state index is -0.527. The molecule has 20 heavy (non-hydrogen) atoms. The number of hydrogen-bond acceptors (Lipinski definition) is 4. The number of ketones is 1. The topological polar surface area (TPSA) is 73.8 Å². The Bertz CT molecular complexity index is 472. The summed E-state index contributed by atoms with van der Waals surface area (Å²) in [4.78, 5) is 12.5. The molecule has 114 valence electrons. The van der Waals surface area contributed by atoms with Crippen LogP contribution in [0.3, 0.4) is 0 Å². The summed E-state index contributed by atoms with van der Waals surface area (Å²) < 4.78 is 1.80. The average Bonchev–Trinajstić information content (AvgIpc) is 2.75. The molecule has 0 bridgehead atoms. The third-order valence-corrected chi connectivity index (χ3v) is 4.31. The molecule has 1 aromatic rings. The Hall–Kier alpha value is -1.23. The van der Waals surface area contributed by atoms with Gasteiger partial charge in [0.2, 0.25) is 0 Å². The van der Waals surface area contributed by atoms with E-state index in [-0.39, 0.29) is 17.7 Å². The summed E-state index contributed by atoms with van der Waals surface area (Å²) in [5.74, 6) is 0.225. The number of hydrogen-bond donors (Lipinski definition) is 1. The van der Waals surface area contributed by atoms with Gasteiger partial charge in [0.25, 0.3) is 0 Å². The highest BCUT2D eigenvalue weighted by Crippen LogP contribution is 2.39. The third-order valence-electron chi connectivity index (χ3n) is 4.31. The summed E-state index contributed by atoms with van der Waals surface area (Å²) in [6.45, 7) is 13.8. The molecule has 1 atom stereocenters. The van der Waals surface area contributed by atoms with Crippen molar-refractivity contribution in [1.82, 2.24) is 15.0 Å². The fourth-order valence-electron chi connectivity index (χ4n) is 2.30. The Morgan fingerprint density at radius 1 is 1.30 bits per heavy atom. The van der Waals surface area contributed by atoms with Crippen LogP contribution in [0.2, 0.25) is 0 Å². The molecule has 0 aliphatic heterocycles. The lowest BCUT2D eigenvalue weighted by Crippen LogP contribution is -2.49. The lowest BCUT2D eigenvalue weighted by molar-refractivity contribution is -0.136. The lowest BCUT2D eigenvalue weighted by atomic mass is 9.69. The summed E-state index contributed by atoms with van der Waals surface area (Å²) in [5.41, 5.74) is 5.67. The van der Waals surface area contributed by atoms with Crippen molar-refractivity contribution >= 4 is 5.78 Å². The van der Waals surface area contributed by atoms with Crippen molar-refractivity contribution in [3.8, 4) is 0 Å². The molecule has 0 saturated heterocycles. The molecule has 0 aliphatic rings. The van der Waals surface area contributed by atoms with Gasteiger partial charge >= 0.3 is 0 Å². The van der Waals surface area contributed by atoms with Crippen LogP contribution in [0.25, 0.3) is 0 Å². The van der Waals surface area contributed by atoms with E-state index in [0.29, 0.717) is 6.42 Å². The van der Waals surface area contributed by atoms with Crippen LogP contribution in [0.5, 0.6) is 0 Å². The Balaban J connectivity index is 3.09. The molecule has 0 spiro atoms. The van der Waals surface area contributed by atoms with Crippen LogP contribution in [0.4, 0.5) is 0 Å². The number of rotatable bonds is 6. The van der Waals surface area contributed by atoms with Crippen LogP contribution in [-0.2, 0) is 16.8 Å². The van der Waals surface area contributed by atoms with E-state index in [9.17, 15) is 4.79 Å². The van der Waals surface area contributed by atoms with Gasteiger partial charge in [-0.25, -0.2) is 4.68 Å². The lowest BCUT2D eigenvalue weighted by Gasteiger charge is -2.41. The van der Waals surface area contributed by atoms with E-state index in [2.05, 4.69) is 10.3 Å². The van der Waals surface area contributed by atoms with Crippen LogP contribution in [0.15, 0.2) is 6.20 Å². The first-order valence-electron chi connectivity index (χ1n) is 7.21. The van der Waals surface area contributed by atoms with Crippen LogP contribution < -0.4 is 5.73 Å². The molecule has 0 aromatic carbocycles. The van der Waals surface area contributed by atoms with E-state index in [4.69, 9.17) is 5.73 Å². The SMILES string of the molecule is CC(N)Cc1cn(C(C)(C)C(C)(C)C(=O)C(C)C)nn1. The van der Waals surface area contributed by atoms with Gasteiger partial charge in [-0.2, -0.15) is 0 Å². The predicted octanol–water partition coefficient (Wildman–Crippen LogP) is 2.15. The number of carbonyl (C=O) groups is 1. The van der Waals surface area contributed by atoms with Crippen molar-refractivity contribution in [2.75, 3.05) is 0 Å². The van der Waals surface area contributed by atoms with E-state index < -0.39 is 11.0 Å². The largest absolute Gasteiger partial charge is 0.328 e. The van der Waals surface area contributed by atoms with Gasteiger partial charge in [0.15, 0.2) is 0 Å². The first kappa shape index (κ1) is 16.8. The van der Waals surface area contributed by atoms with Crippen molar-refractivity contribution in [2.24, 2.45) is 17.1 Å². The maximum atomic E-state index is 12.5. The highest BCUT2D eigenvalue weighted by molar-refractivity contribution is 5.86. The number of nitrogens with two attached hydrogens (primary N) is 1. The van der Waals surface area contributed by atoms with Gasteiger partial charge in [-0.3, -0.25) is 4.79 Å². The van der Waals surface area contributed by atoms with Crippen molar-refractivity contribution in [3.05, 3.63) is 11.9 Å². The molecule has 5 heteroatoms. The maximum absolute atomic E-state index is 12.5. The smallest absolute Gasteiger partial charge is 0.143 e. The van der Waals surface area contributed by atoms with Gasteiger partial charge in [0.1, 0.15) is 5.78 Å². The Kier molecular flexibility index (Phi) is 4.74. The highest BCUT2D eigenvalue weighted by atomic mass is 16.1. The van der Waals surface area contributed by atoms with Crippen molar-refractivity contribution in [1.29, 1.82) is 0 Å². The van der Waals surface area contributed by atoms with E-state index in [1.54, 1.807) is 4.68 Å². The fourth-order valence-corrected chi connectivity index (χ4v) is 2.30. The van der Waals surface area contributed by atoms with Crippen molar-refractivity contribution in [3.63, 3.8) is 0 Å². The van der Waals surface area contributed by atoms with E-state index in [1.165, 1.54) is 0 Å². The van der Waals surface area contributed by atoms with E-state index in [0.717, 1.165) is 5.69 Å². The normalized spacial score (nSPS) is 14.7. The summed E-state index contributed by atoms with van der Waals surface area (Å²) in [6, 6.07) is 0.0496. The van der Waals surface area contributed by atoms with Crippen molar-refractivity contribution < 1.29 is 4.79 Å². The van der Waals surface area contributed by atoms with Gasteiger partial charge in [0, 0.05) is 30.0 Å². The standard InChI is InChI=1S/C15H28N4O/c1-10(2)13(20)14(4,5)15(6,7)19-9-12(17-18-19)8-11(3)16/h9-11H,8,16H2,1-7H3. The number of nitrogens with zero attached hydrogens (tertiary/aromatic N) is 3. The maximum Gasteiger partial charge on any atom is 0.143 e. The second kappa shape index (κ2) is 5.64. The van der Waals surface area contributed by atoms with Gasteiger partial charge in [0.05, 0.1) is 11.2 Å². The van der Waals surface area contributed by atoms with Crippen LogP contribution in [0, 0.1) is 11.3 Å². The minimum Gasteiger partial charge on any atom is -0.328 e. The summed E-state index contributed by atoms with van der Waals surface area (Å²) >= 11 is 0. The minimum absolute atomic E-state index is 0.00340. The fraction of sp³-hybridized carbons (Fsp3) is 0.800. The van der Waals surface area contributed by atoms with Gasteiger partial charge in [-0.15, -0.1) is 5.10 Å². The summed E-state index contributed by atoms with van der Waals surface area (Å²) in [7, 11) is 0. The molecule has 0 amide bonds. The summed E-state index contributed by atoms with van der Waals surface area (Å²) in [6.07, 6.45) is 2.59. The molecular weight excluding hydrogens is 252 g/mol.